The van der Waals surface area contributed by atoms with E-state index in [1.165, 1.54) is 0 Å². The van der Waals surface area contributed by atoms with Crippen molar-refractivity contribution >= 4 is 11.7 Å². The fraction of sp³-hybridized carbons (Fsp3) is 0.438. The van der Waals surface area contributed by atoms with Gasteiger partial charge in [0.25, 0.3) is 0 Å². The summed E-state index contributed by atoms with van der Waals surface area (Å²) >= 11 is 0. The standard InChI is InChI=1S/C16H20O6/c1-3-19-14-10-22-13-6-5-11(9-12(13)16(14)18)21-8-7-15(17)20-4-2/h5-6,9,18H,3-4,7-8,10H2,1-2H3. The van der Waals surface area contributed by atoms with E-state index in [9.17, 15) is 9.90 Å². The molecule has 1 aliphatic heterocycles. The Hall–Kier alpha value is -2.37. The fourth-order valence-corrected chi connectivity index (χ4v) is 2.04. The van der Waals surface area contributed by atoms with Crippen LogP contribution in [0.25, 0.3) is 5.76 Å². The van der Waals surface area contributed by atoms with Gasteiger partial charge in [-0.15, -0.1) is 0 Å². The molecule has 0 atom stereocenters. The first-order valence-corrected chi connectivity index (χ1v) is 7.26. The van der Waals surface area contributed by atoms with E-state index < -0.39 is 0 Å². The lowest BCUT2D eigenvalue weighted by Crippen LogP contribution is -2.14. The highest BCUT2D eigenvalue weighted by molar-refractivity contribution is 5.70. The fourth-order valence-electron chi connectivity index (χ4n) is 2.04. The minimum Gasteiger partial charge on any atom is -0.504 e. The molecule has 0 unspecified atom stereocenters. The van der Waals surface area contributed by atoms with Gasteiger partial charge in [-0.25, -0.2) is 0 Å². The Labute approximate surface area is 129 Å². The molecule has 0 aromatic heterocycles. The number of aliphatic hydroxyl groups is 1. The minimum atomic E-state index is -0.301. The predicted octanol–water partition coefficient (Wildman–Crippen LogP) is 2.67. The molecule has 1 aromatic rings. The molecule has 0 saturated carbocycles. The van der Waals surface area contributed by atoms with Crippen molar-refractivity contribution in [1.29, 1.82) is 0 Å². The Bertz CT molecular complexity index is 564. The van der Waals surface area contributed by atoms with Gasteiger partial charge in [-0.05, 0) is 32.0 Å². The zero-order valence-electron chi connectivity index (χ0n) is 12.8. The molecule has 0 aliphatic carbocycles. The molecule has 2 rings (SSSR count). The molecule has 1 aliphatic rings. The smallest absolute Gasteiger partial charge is 0.309 e. The normalized spacial score (nSPS) is 13.2. The molecule has 6 nitrogen and oxygen atoms in total. The SMILES string of the molecule is CCOC(=O)CCOc1ccc2c(c1)C(O)=C(OCC)CO2. The van der Waals surface area contributed by atoms with Crippen molar-refractivity contribution in [2.24, 2.45) is 0 Å². The lowest BCUT2D eigenvalue weighted by molar-refractivity contribution is -0.143. The van der Waals surface area contributed by atoms with E-state index in [0.717, 1.165) is 0 Å². The van der Waals surface area contributed by atoms with Crippen LogP contribution in [-0.2, 0) is 14.3 Å². The van der Waals surface area contributed by atoms with Gasteiger partial charge < -0.3 is 24.1 Å². The largest absolute Gasteiger partial charge is 0.504 e. The second kappa shape index (κ2) is 7.59. The van der Waals surface area contributed by atoms with Crippen LogP contribution in [0.2, 0.25) is 0 Å². The maximum atomic E-state index is 11.2. The summed E-state index contributed by atoms with van der Waals surface area (Å²) in [6, 6.07) is 5.10. The number of esters is 1. The summed E-state index contributed by atoms with van der Waals surface area (Å²) in [6.07, 6.45) is 0.174. The van der Waals surface area contributed by atoms with Gasteiger partial charge in [-0.3, -0.25) is 4.79 Å². The highest BCUT2D eigenvalue weighted by Crippen LogP contribution is 2.34. The number of ether oxygens (including phenoxy) is 4. The third-order valence-corrected chi connectivity index (χ3v) is 3.03. The maximum Gasteiger partial charge on any atom is 0.309 e. The van der Waals surface area contributed by atoms with E-state index in [1.54, 1.807) is 25.1 Å². The number of benzene rings is 1. The Morgan fingerprint density at radius 3 is 2.82 bits per heavy atom. The molecule has 0 radical (unpaired) electrons. The first-order valence-electron chi connectivity index (χ1n) is 7.26. The summed E-state index contributed by atoms with van der Waals surface area (Å²) in [5.41, 5.74) is 0.517. The van der Waals surface area contributed by atoms with Crippen LogP contribution in [0.3, 0.4) is 0 Å². The van der Waals surface area contributed by atoms with Gasteiger partial charge in [0.15, 0.2) is 11.5 Å². The number of carbonyl (C=O) groups is 1. The molecule has 0 spiro atoms. The van der Waals surface area contributed by atoms with Crippen LogP contribution < -0.4 is 9.47 Å². The highest BCUT2D eigenvalue weighted by atomic mass is 16.5. The molecule has 120 valence electrons. The van der Waals surface area contributed by atoms with E-state index in [2.05, 4.69) is 0 Å². The Morgan fingerprint density at radius 2 is 2.09 bits per heavy atom. The third-order valence-electron chi connectivity index (χ3n) is 3.03. The molecule has 1 heterocycles. The average Bonchev–Trinajstić information content (AvgIpc) is 2.51. The molecule has 1 aromatic carbocycles. The van der Waals surface area contributed by atoms with Crippen molar-refractivity contribution in [3.63, 3.8) is 0 Å². The Kier molecular flexibility index (Phi) is 5.52. The van der Waals surface area contributed by atoms with Gasteiger partial charge >= 0.3 is 5.97 Å². The topological polar surface area (TPSA) is 74.2 Å². The first kappa shape index (κ1) is 16.0. The van der Waals surface area contributed by atoms with Gasteiger partial charge in [0.1, 0.15) is 18.1 Å². The van der Waals surface area contributed by atoms with Gasteiger partial charge in [0, 0.05) is 0 Å². The number of hydrogen-bond donors (Lipinski definition) is 1. The van der Waals surface area contributed by atoms with Crippen LogP contribution >= 0.6 is 0 Å². The van der Waals surface area contributed by atoms with E-state index in [4.69, 9.17) is 18.9 Å². The zero-order chi connectivity index (χ0) is 15.9. The summed E-state index contributed by atoms with van der Waals surface area (Å²) in [5, 5.41) is 10.2. The van der Waals surface area contributed by atoms with Crippen molar-refractivity contribution < 1.29 is 28.8 Å². The lowest BCUT2D eigenvalue weighted by Gasteiger charge is -2.21. The summed E-state index contributed by atoms with van der Waals surface area (Å²) in [5.74, 6) is 1.26. The van der Waals surface area contributed by atoms with Crippen molar-refractivity contribution in [2.75, 3.05) is 26.4 Å². The van der Waals surface area contributed by atoms with Crippen LogP contribution in [0, 0.1) is 0 Å². The molecule has 0 amide bonds. The molecule has 0 bridgehead atoms. The van der Waals surface area contributed by atoms with Crippen LogP contribution in [0.15, 0.2) is 24.0 Å². The zero-order valence-corrected chi connectivity index (χ0v) is 12.8. The quantitative estimate of drug-likeness (QED) is 0.781. The van der Waals surface area contributed by atoms with E-state index in [0.29, 0.717) is 36.0 Å². The van der Waals surface area contributed by atoms with Crippen LogP contribution in [0.4, 0.5) is 0 Å². The van der Waals surface area contributed by atoms with Gasteiger partial charge in [-0.1, -0.05) is 0 Å². The van der Waals surface area contributed by atoms with Crippen molar-refractivity contribution in [1.82, 2.24) is 0 Å². The van der Waals surface area contributed by atoms with E-state index >= 15 is 0 Å². The van der Waals surface area contributed by atoms with Gasteiger partial charge in [0.2, 0.25) is 0 Å². The van der Waals surface area contributed by atoms with E-state index in [1.807, 2.05) is 6.92 Å². The second-order valence-corrected chi connectivity index (χ2v) is 4.55. The van der Waals surface area contributed by atoms with Crippen molar-refractivity contribution in [3.05, 3.63) is 29.5 Å². The maximum absolute atomic E-state index is 11.2. The number of carbonyl (C=O) groups excluding carboxylic acids is 1. The lowest BCUT2D eigenvalue weighted by atomic mass is 10.1. The summed E-state index contributed by atoms with van der Waals surface area (Å²) in [7, 11) is 0. The van der Waals surface area contributed by atoms with Crippen molar-refractivity contribution in [3.8, 4) is 11.5 Å². The highest BCUT2D eigenvalue weighted by Gasteiger charge is 2.21. The Balaban J connectivity index is 2.03. The molecule has 0 fully saturated rings. The van der Waals surface area contributed by atoms with E-state index in [-0.39, 0.29) is 31.4 Å². The monoisotopic (exact) mass is 308 g/mol. The van der Waals surface area contributed by atoms with Crippen LogP contribution in [0.1, 0.15) is 25.8 Å². The molecular weight excluding hydrogens is 288 g/mol. The number of fused-ring (bicyclic) bond motifs is 1. The number of aliphatic hydroxyl groups excluding tert-OH is 1. The Morgan fingerprint density at radius 1 is 1.27 bits per heavy atom. The predicted molar refractivity (Wildman–Crippen MR) is 79.9 cm³/mol. The summed E-state index contributed by atoms with van der Waals surface area (Å²) in [4.78, 5) is 11.2. The third kappa shape index (κ3) is 3.84. The minimum absolute atomic E-state index is 0.0546. The molecule has 6 heteroatoms. The van der Waals surface area contributed by atoms with Crippen LogP contribution in [0.5, 0.6) is 11.5 Å². The summed E-state index contributed by atoms with van der Waals surface area (Å²) < 4.78 is 21.2. The second-order valence-electron chi connectivity index (χ2n) is 4.55. The molecular formula is C16H20O6. The molecule has 22 heavy (non-hydrogen) atoms. The van der Waals surface area contributed by atoms with Gasteiger partial charge in [0.05, 0.1) is 31.8 Å². The van der Waals surface area contributed by atoms with Crippen LogP contribution in [-0.4, -0.2) is 37.5 Å². The van der Waals surface area contributed by atoms with Gasteiger partial charge in [-0.2, -0.15) is 0 Å². The number of hydrogen-bond acceptors (Lipinski definition) is 6. The van der Waals surface area contributed by atoms with Crippen molar-refractivity contribution in [2.45, 2.75) is 20.3 Å². The molecule has 1 N–H and O–H groups in total. The molecule has 0 saturated heterocycles. The average molecular weight is 308 g/mol. The first-order chi connectivity index (χ1) is 10.7. The summed E-state index contributed by atoms with van der Waals surface area (Å²) in [6.45, 7) is 4.82. The number of rotatable bonds is 7.